The van der Waals surface area contributed by atoms with Gasteiger partial charge in [-0.3, -0.25) is 0 Å². The Morgan fingerprint density at radius 3 is 2.76 bits per heavy atom. The zero-order valence-corrected chi connectivity index (χ0v) is 13.1. The van der Waals surface area contributed by atoms with Crippen molar-refractivity contribution in [3.63, 3.8) is 0 Å². The number of imidazole rings is 1. The summed E-state index contributed by atoms with van der Waals surface area (Å²) in [5.74, 6) is 0.806. The van der Waals surface area contributed by atoms with E-state index in [4.69, 9.17) is 18.0 Å². The fourth-order valence-corrected chi connectivity index (χ4v) is 3.41. The van der Waals surface area contributed by atoms with Crippen molar-refractivity contribution in [2.75, 3.05) is 6.54 Å². The van der Waals surface area contributed by atoms with E-state index >= 15 is 0 Å². The molecule has 0 saturated carbocycles. The molecule has 6 nitrogen and oxygen atoms in total. The number of benzene rings is 1. The molecule has 2 rings (SSSR count). The maximum atomic E-state index is 12.3. The van der Waals surface area contributed by atoms with Gasteiger partial charge in [-0.2, -0.15) is 0 Å². The van der Waals surface area contributed by atoms with Crippen molar-refractivity contribution in [2.45, 2.75) is 11.3 Å². The van der Waals surface area contributed by atoms with Crippen LogP contribution in [0, 0.1) is 0 Å². The second-order valence-electron chi connectivity index (χ2n) is 4.46. The molecule has 1 aromatic heterocycles. The fraction of sp³-hybridized carbons (Fsp3) is 0.231. The molecule has 0 atom stereocenters. The highest BCUT2D eigenvalue weighted by Crippen LogP contribution is 2.15. The van der Waals surface area contributed by atoms with Crippen molar-refractivity contribution in [1.29, 1.82) is 0 Å². The molecule has 0 saturated heterocycles. The Labute approximate surface area is 129 Å². The van der Waals surface area contributed by atoms with Gasteiger partial charge in [-0.15, -0.1) is 0 Å². The second kappa shape index (κ2) is 6.33. The summed E-state index contributed by atoms with van der Waals surface area (Å²) in [6, 6.07) is 6.41. The molecule has 0 spiro atoms. The van der Waals surface area contributed by atoms with Gasteiger partial charge in [0.05, 0.1) is 4.90 Å². The molecule has 0 bridgehead atoms. The van der Waals surface area contributed by atoms with Gasteiger partial charge in [0.1, 0.15) is 10.8 Å². The SMILES string of the molecule is Cn1ccnc1CCNS(=O)(=O)c1ccccc1C(N)=S. The third-order valence-electron chi connectivity index (χ3n) is 3.00. The number of hydrogen-bond acceptors (Lipinski definition) is 4. The first kappa shape index (κ1) is 15.6. The van der Waals surface area contributed by atoms with Gasteiger partial charge in [0, 0.05) is 38.0 Å². The average molecular weight is 324 g/mol. The highest BCUT2D eigenvalue weighted by atomic mass is 32.2. The van der Waals surface area contributed by atoms with E-state index in [-0.39, 0.29) is 16.4 Å². The van der Waals surface area contributed by atoms with Crippen LogP contribution >= 0.6 is 12.2 Å². The first-order valence-electron chi connectivity index (χ1n) is 6.26. The third-order valence-corrected chi connectivity index (χ3v) is 4.74. The van der Waals surface area contributed by atoms with E-state index in [1.165, 1.54) is 6.07 Å². The number of nitrogens with one attached hydrogen (secondary N) is 1. The lowest BCUT2D eigenvalue weighted by Crippen LogP contribution is -2.28. The summed E-state index contributed by atoms with van der Waals surface area (Å²) < 4.78 is 29.0. The van der Waals surface area contributed by atoms with Crippen molar-refractivity contribution in [2.24, 2.45) is 12.8 Å². The minimum atomic E-state index is -3.66. The minimum Gasteiger partial charge on any atom is -0.389 e. The standard InChI is InChI=1S/C13H16N4O2S2/c1-17-9-8-15-12(17)6-7-16-21(18,19)11-5-3-2-4-10(11)13(14)20/h2-5,8-9,16H,6-7H2,1H3,(H2,14,20). The first-order valence-corrected chi connectivity index (χ1v) is 8.15. The molecule has 0 aliphatic rings. The molecule has 1 aromatic carbocycles. The first-order chi connectivity index (χ1) is 9.92. The van der Waals surface area contributed by atoms with E-state index in [1.807, 2.05) is 17.8 Å². The topological polar surface area (TPSA) is 90.0 Å². The van der Waals surface area contributed by atoms with Crippen molar-refractivity contribution in [3.05, 3.63) is 48.0 Å². The maximum Gasteiger partial charge on any atom is 0.241 e. The molecule has 0 amide bonds. The molecule has 0 aliphatic carbocycles. The highest BCUT2D eigenvalue weighted by Gasteiger charge is 2.18. The van der Waals surface area contributed by atoms with Crippen LogP contribution in [-0.2, 0) is 23.5 Å². The van der Waals surface area contributed by atoms with E-state index in [1.54, 1.807) is 24.4 Å². The van der Waals surface area contributed by atoms with Gasteiger partial charge in [0.15, 0.2) is 0 Å². The van der Waals surface area contributed by atoms with Crippen LogP contribution in [0.15, 0.2) is 41.6 Å². The van der Waals surface area contributed by atoms with Crippen LogP contribution in [0.3, 0.4) is 0 Å². The van der Waals surface area contributed by atoms with Crippen molar-refractivity contribution in [1.82, 2.24) is 14.3 Å². The molecule has 8 heteroatoms. The molecule has 112 valence electrons. The number of aromatic nitrogens is 2. The van der Waals surface area contributed by atoms with Crippen LogP contribution in [-0.4, -0.2) is 29.5 Å². The third kappa shape index (κ3) is 3.66. The Kier molecular flexibility index (Phi) is 4.71. The molecule has 21 heavy (non-hydrogen) atoms. The number of sulfonamides is 1. The molecule has 0 radical (unpaired) electrons. The fourth-order valence-electron chi connectivity index (χ4n) is 1.92. The van der Waals surface area contributed by atoms with Crippen molar-refractivity contribution in [3.8, 4) is 0 Å². The van der Waals surface area contributed by atoms with Crippen LogP contribution in [0.2, 0.25) is 0 Å². The monoisotopic (exact) mass is 324 g/mol. The number of thiocarbonyl (C=S) groups is 1. The summed E-state index contributed by atoms with van der Waals surface area (Å²) in [4.78, 5) is 4.29. The van der Waals surface area contributed by atoms with Crippen LogP contribution in [0.25, 0.3) is 0 Å². The Bertz CT molecular complexity index is 753. The molecule has 0 fully saturated rings. The quantitative estimate of drug-likeness (QED) is 0.759. The van der Waals surface area contributed by atoms with Gasteiger partial charge in [-0.1, -0.05) is 30.4 Å². The van der Waals surface area contributed by atoms with Crippen LogP contribution in [0.4, 0.5) is 0 Å². The summed E-state index contributed by atoms with van der Waals surface area (Å²) in [6.45, 7) is 0.249. The molecular weight excluding hydrogens is 308 g/mol. The normalized spacial score (nSPS) is 11.5. The average Bonchev–Trinajstić information content (AvgIpc) is 2.84. The predicted octanol–water partition coefficient (Wildman–Crippen LogP) is 0.575. The number of rotatable bonds is 6. The van der Waals surface area contributed by atoms with Crippen molar-refractivity contribution < 1.29 is 8.42 Å². The number of aryl methyl sites for hydroxylation is 1. The lowest BCUT2D eigenvalue weighted by molar-refractivity contribution is 0.580. The Hall–Kier alpha value is -1.77. The lowest BCUT2D eigenvalue weighted by Gasteiger charge is -2.10. The van der Waals surface area contributed by atoms with E-state index in [0.717, 1.165) is 5.82 Å². The molecule has 0 unspecified atom stereocenters. The lowest BCUT2D eigenvalue weighted by atomic mass is 10.2. The Morgan fingerprint density at radius 1 is 1.43 bits per heavy atom. The summed E-state index contributed by atoms with van der Waals surface area (Å²) in [5.41, 5.74) is 5.91. The van der Waals surface area contributed by atoms with Gasteiger partial charge in [-0.05, 0) is 6.07 Å². The summed E-state index contributed by atoms with van der Waals surface area (Å²) in [7, 11) is -1.80. The second-order valence-corrected chi connectivity index (χ2v) is 6.64. The van der Waals surface area contributed by atoms with Crippen molar-refractivity contribution >= 4 is 27.2 Å². The molecular formula is C13H16N4O2S2. The van der Waals surface area contributed by atoms with E-state index in [9.17, 15) is 8.42 Å². The molecule has 3 N–H and O–H groups in total. The summed E-state index contributed by atoms with van der Waals surface area (Å²) in [5, 5.41) is 0. The van der Waals surface area contributed by atoms with Crippen LogP contribution < -0.4 is 10.5 Å². The maximum absolute atomic E-state index is 12.3. The van der Waals surface area contributed by atoms with E-state index in [2.05, 4.69) is 9.71 Å². The van der Waals surface area contributed by atoms with Crippen LogP contribution in [0.1, 0.15) is 11.4 Å². The van der Waals surface area contributed by atoms with Gasteiger partial charge < -0.3 is 10.3 Å². The Balaban J connectivity index is 2.12. The van der Waals surface area contributed by atoms with Gasteiger partial charge in [0.25, 0.3) is 0 Å². The van der Waals surface area contributed by atoms with Gasteiger partial charge in [0.2, 0.25) is 10.0 Å². The van der Waals surface area contributed by atoms with Crippen LogP contribution in [0.5, 0.6) is 0 Å². The zero-order chi connectivity index (χ0) is 15.5. The van der Waals surface area contributed by atoms with E-state index < -0.39 is 10.0 Å². The molecule has 0 aliphatic heterocycles. The Morgan fingerprint density at radius 2 is 2.14 bits per heavy atom. The number of nitrogens with zero attached hydrogens (tertiary/aromatic N) is 2. The largest absolute Gasteiger partial charge is 0.389 e. The number of hydrogen-bond donors (Lipinski definition) is 2. The minimum absolute atomic E-state index is 0.0556. The van der Waals surface area contributed by atoms with Gasteiger partial charge >= 0.3 is 0 Å². The zero-order valence-electron chi connectivity index (χ0n) is 11.5. The highest BCUT2D eigenvalue weighted by molar-refractivity contribution is 7.89. The predicted molar refractivity (Wildman–Crippen MR) is 84.4 cm³/mol. The van der Waals surface area contributed by atoms with Gasteiger partial charge in [-0.25, -0.2) is 18.1 Å². The summed E-state index contributed by atoms with van der Waals surface area (Å²) >= 11 is 4.89. The molecule has 2 aromatic rings. The van der Waals surface area contributed by atoms with E-state index in [0.29, 0.717) is 12.0 Å². The number of nitrogens with two attached hydrogens (primary N) is 1. The molecule has 1 heterocycles. The smallest absolute Gasteiger partial charge is 0.241 e. The summed E-state index contributed by atoms with van der Waals surface area (Å²) in [6.07, 6.45) is 3.98.